The van der Waals surface area contributed by atoms with Gasteiger partial charge in [0.05, 0.1) is 5.69 Å². The van der Waals surface area contributed by atoms with Gasteiger partial charge in [0.25, 0.3) is 0 Å². The van der Waals surface area contributed by atoms with Crippen LogP contribution in [-0.4, -0.2) is 29.3 Å². The lowest BCUT2D eigenvalue weighted by Gasteiger charge is -2.15. The number of nitrogens with zero attached hydrogens (tertiary/aromatic N) is 2. The van der Waals surface area contributed by atoms with Gasteiger partial charge in [0.1, 0.15) is 5.82 Å². The monoisotopic (exact) mass is 286 g/mol. The van der Waals surface area contributed by atoms with Gasteiger partial charge in [-0.15, -0.1) is 0 Å². The Labute approximate surface area is 124 Å². The van der Waals surface area contributed by atoms with E-state index in [1.165, 1.54) is 24.3 Å². The van der Waals surface area contributed by atoms with Gasteiger partial charge in [0, 0.05) is 30.8 Å². The molecule has 0 atom stereocenters. The molecule has 0 aliphatic heterocycles. The van der Waals surface area contributed by atoms with Crippen LogP contribution in [0.1, 0.15) is 28.2 Å². The van der Waals surface area contributed by atoms with Crippen LogP contribution >= 0.6 is 0 Å². The molecule has 0 amide bonds. The summed E-state index contributed by atoms with van der Waals surface area (Å²) in [6.45, 7) is 3.31. The molecular formula is C17H19FN2O. The number of Topliss-reactive ketones (excluding diaryl/α,β-unsaturated/α-hetero) is 1. The molecule has 110 valence electrons. The molecular weight excluding hydrogens is 267 g/mol. The Kier molecular flexibility index (Phi) is 5.17. The van der Waals surface area contributed by atoms with Gasteiger partial charge in [-0.2, -0.15) is 0 Å². The van der Waals surface area contributed by atoms with Gasteiger partial charge in [0.15, 0.2) is 5.78 Å². The van der Waals surface area contributed by atoms with Gasteiger partial charge in [-0.05, 0) is 50.4 Å². The third-order valence-corrected chi connectivity index (χ3v) is 3.26. The van der Waals surface area contributed by atoms with Crippen molar-refractivity contribution >= 4 is 5.78 Å². The van der Waals surface area contributed by atoms with Crippen molar-refractivity contribution < 1.29 is 9.18 Å². The van der Waals surface area contributed by atoms with Crippen LogP contribution in [0.5, 0.6) is 0 Å². The van der Waals surface area contributed by atoms with Crippen molar-refractivity contribution in [2.75, 3.05) is 13.6 Å². The van der Waals surface area contributed by atoms with E-state index >= 15 is 0 Å². The van der Waals surface area contributed by atoms with E-state index in [1.807, 2.05) is 32.2 Å². The number of aryl methyl sites for hydroxylation is 1. The summed E-state index contributed by atoms with van der Waals surface area (Å²) in [6.07, 6.45) is 0.411. The SMILES string of the molecule is Cc1cccc(CN(C)CCC(=O)c2ccc(F)cc2)n1. The third-order valence-electron chi connectivity index (χ3n) is 3.26. The molecule has 0 unspecified atom stereocenters. The Morgan fingerprint density at radius 3 is 2.57 bits per heavy atom. The summed E-state index contributed by atoms with van der Waals surface area (Å²) in [5.74, 6) is -0.298. The smallest absolute Gasteiger partial charge is 0.164 e. The average molecular weight is 286 g/mol. The Bertz CT molecular complexity index is 610. The van der Waals surface area contributed by atoms with Crippen molar-refractivity contribution in [1.29, 1.82) is 0 Å². The highest BCUT2D eigenvalue weighted by Gasteiger charge is 2.08. The van der Waals surface area contributed by atoms with Gasteiger partial charge in [0.2, 0.25) is 0 Å². The molecule has 0 fully saturated rings. The lowest BCUT2D eigenvalue weighted by atomic mass is 10.1. The summed E-state index contributed by atoms with van der Waals surface area (Å²) < 4.78 is 12.8. The zero-order valence-electron chi connectivity index (χ0n) is 12.3. The van der Waals surface area contributed by atoms with E-state index in [4.69, 9.17) is 0 Å². The Morgan fingerprint density at radius 1 is 1.19 bits per heavy atom. The molecule has 0 saturated carbocycles. The van der Waals surface area contributed by atoms with Crippen LogP contribution in [-0.2, 0) is 6.54 Å². The largest absolute Gasteiger partial charge is 0.300 e. The molecule has 1 heterocycles. The van der Waals surface area contributed by atoms with Crippen molar-refractivity contribution in [1.82, 2.24) is 9.88 Å². The van der Waals surface area contributed by atoms with E-state index in [2.05, 4.69) is 9.88 Å². The number of benzene rings is 1. The van der Waals surface area contributed by atoms with Crippen molar-refractivity contribution in [3.8, 4) is 0 Å². The first-order chi connectivity index (χ1) is 10.0. The van der Waals surface area contributed by atoms with Crippen molar-refractivity contribution in [2.24, 2.45) is 0 Å². The molecule has 0 N–H and O–H groups in total. The Morgan fingerprint density at radius 2 is 1.90 bits per heavy atom. The summed E-state index contributed by atoms with van der Waals surface area (Å²) >= 11 is 0. The second-order valence-electron chi connectivity index (χ2n) is 5.19. The molecule has 3 nitrogen and oxygen atoms in total. The lowest BCUT2D eigenvalue weighted by molar-refractivity contribution is 0.0967. The molecule has 1 aromatic carbocycles. The quantitative estimate of drug-likeness (QED) is 0.764. The van der Waals surface area contributed by atoms with Gasteiger partial charge in [-0.1, -0.05) is 6.07 Å². The van der Waals surface area contributed by atoms with E-state index < -0.39 is 0 Å². The van der Waals surface area contributed by atoms with Crippen molar-refractivity contribution in [2.45, 2.75) is 19.9 Å². The molecule has 0 bridgehead atoms. The van der Waals surface area contributed by atoms with E-state index in [-0.39, 0.29) is 11.6 Å². The fourth-order valence-electron chi connectivity index (χ4n) is 2.12. The molecule has 0 radical (unpaired) electrons. The molecule has 4 heteroatoms. The highest BCUT2D eigenvalue weighted by molar-refractivity contribution is 5.96. The number of rotatable bonds is 6. The Balaban J connectivity index is 1.84. The van der Waals surface area contributed by atoms with Crippen LogP contribution in [0.3, 0.4) is 0 Å². The molecule has 0 aliphatic rings. The zero-order chi connectivity index (χ0) is 15.2. The van der Waals surface area contributed by atoms with E-state index in [9.17, 15) is 9.18 Å². The number of carbonyl (C=O) groups excluding carboxylic acids is 1. The van der Waals surface area contributed by atoms with Crippen LogP contribution in [0.2, 0.25) is 0 Å². The van der Waals surface area contributed by atoms with Gasteiger partial charge >= 0.3 is 0 Å². The highest BCUT2D eigenvalue weighted by atomic mass is 19.1. The average Bonchev–Trinajstić information content (AvgIpc) is 2.45. The predicted octanol–water partition coefficient (Wildman–Crippen LogP) is 3.23. The maximum atomic E-state index is 12.8. The normalized spacial score (nSPS) is 10.9. The van der Waals surface area contributed by atoms with Gasteiger partial charge < -0.3 is 4.90 Å². The summed E-state index contributed by atoms with van der Waals surface area (Å²) in [6, 6.07) is 11.6. The van der Waals surface area contributed by atoms with Gasteiger partial charge in [-0.3, -0.25) is 9.78 Å². The molecule has 1 aromatic heterocycles. The van der Waals surface area contributed by atoms with Gasteiger partial charge in [-0.25, -0.2) is 4.39 Å². The molecule has 2 rings (SSSR count). The number of ketones is 1. The summed E-state index contributed by atoms with van der Waals surface area (Å²) in [5.41, 5.74) is 2.54. The minimum Gasteiger partial charge on any atom is -0.300 e. The molecule has 0 aliphatic carbocycles. The van der Waals surface area contributed by atoms with E-state index in [0.717, 1.165) is 11.4 Å². The van der Waals surface area contributed by atoms with E-state index in [0.29, 0.717) is 25.1 Å². The molecule has 0 spiro atoms. The topological polar surface area (TPSA) is 33.2 Å². The van der Waals surface area contributed by atoms with Crippen LogP contribution < -0.4 is 0 Å². The fraction of sp³-hybridized carbons (Fsp3) is 0.294. The molecule has 2 aromatic rings. The highest BCUT2D eigenvalue weighted by Crippen LogP contribution is 2.07. The number of carbonyl (C=O) groups is 1. The van der Waals surface area contributed by atoms with Crippen molar-refractivity contribution in [3.63, 3.8) is 0 Å². The standard InChI is InChI=1S/C17H19FN2O/c1-13-4-3-5-16(19-13)12-20(2)11-10-17(21)14-6-8-15(18)9-7-14/h3-9H,10-12H2,1-2H3. The minimum atomic E-state index is -0.325. The second kappa shape index (κ2) is 7.09. The van der Waals surface area contributed by atoms with E-state index in [1.54, 1.807) is 0 Å². The molecule has 0 saturated heterocycles. The number of aromatic nitrogens is 1. The van der Waals surface area contributed by atoms with Crippen molar-refractivity contribution in [3.05, 3.63) is 65.2 Å². The first-order valence-electron chi connectivity index (χ1n) is 6.94. The number of hydrogen-bond acceptors (Lipinski definition) is 3. The number of pyridine rings is 1. The zero-order valence-corrected chi connectivity index (χ0v) is 12.3. The second-order valence-corrected chi connectivity index (χ2v) is 5.19. The first kappa shape index (κ1) is 15.3. The maximum Gasteiger partial charge on any atom is 0.164 e. The first-order valence-corrected chi connectivity index (χ1v) is 6.94. The summed E-state index contributed by atoms with van der Waals surface area (Å²) in [4.78, 5) is 18.5. The van der Waals surface area contributed by atoms with Crippen LogP contribution in [0.15, 0.2) is 42.5 Å². The maximum absolute atomic E-state index is 12.8. The minimum absolute atomic E-state index is 0.0269. The fourth-order valence-corrected chi connectivity index (χ4v) is 2.12. The summed E-state index contributed by atoms with van der Waals surface area (Å²) in [7, 11) is 1.96. The van der Waals surface area contributed by atoms with Crippen LogP contribution in [0.25, 0.3) is 0 Å². The lowest BCUT2D eigenvalue weighted by Crippen LogP contribution is -2.22. The van der Waals surface area contributed by atoms with Crippen LogP contribution in [0, 0.1) is 12.7 Å². The number of hydrogen-bond donors (Lipinski definition) is 0. The Hall–Kier alpha value is -2.07. The molecule has 21 heavy (non-hydrogen) atoms. The summed E-state index contributed by atoms with van der Waals surface area (Å²) in [5, 5.41) is 0. The third kappa shape index (κ3) is 4.76. The van der Waals surface area contributed by atoms with Crippen LogP contribution in [0.4, 0.5) is 4.39 Å². The number of halogens is 1. The predicted molar refractivity (Wildman–Crippen MR) is 80.7 cm³/mol.